The Morgan fingerprint density at radius 1 is 1.15 bits per heavy atom. The fourth-order valence-corrected chi connectivity index (χ4v) is 6.59. The number of hydrogen-bond acceptors (Lipinski definition) is 5. The van der Waals surface area contributed by atoms with Gasteiger partial charge in [-0.3, -0.25) is 4.90 Å². The van der Waals surface area contributed by atoms with Gasteiger partial charge >= 0.3 is 0 Å². The maximum atomic E-state index is 13.4. The molecule has 2 fully saturated rings. The molecule has 0 amide bonds. The summed E-state index contributed by atoms with van der Waals surface area (Å²) in [5, 5.41) is 5.09. The van der Waals surface area contributed by atoms with E-state index in [1.807, 2.05) is 10.9 Å². The molecule has 2 aliphatic heterocycles. The van der Waals surface area contributed by atoms with Crippen LogP contribution in [0.25, 0.3) is 16.6 Å². The molecule has 3 heterocycles. The average molecular weight is 487 g/mol. The molecule has 0 spiro atoms. The normalized spacial score (nSPS) is 20.8. The lowest BCUT2D eigenvalue weighted by Gasteiger charge is -2.44. The zero-order valence-corrected chi connectivity index (χ0v) is 20.6. The van der Waals surface area contributed by atoms with E-state index in [0.717, 1.165) is 34.3 Å². The zero-order valence-electron chi connectivity index (χ0n) is 19.8. The minimum atomic E-state index is -3.37. The van der Waals surface area contributed by atoms with E-state index in [-0.39, 0.29) is 25.1 Å². The number of ether oxygens (including phenoxy) is 1. The zero-order chi connectivity index (χ0) is 24.0. The summed E-state index contributed by atoms with van der Waals surface area (Å²) in [4.78, 5) is 2.41. The summed E-state index contributed by atoms with van der Waals surface area (Å²) >= 11 is 0. The molecule has 2 aliphatic rings. The van der Waals surface area contributed by atoms with Crippen molar-refractivity contribution >= 4 is 20.9 Å². The number of rotatable bonds is 6. The molecule has 0 bridgehead atoms. The number of aryl methyl sites for hydroxylation is 1. The Balaban J connectivity index is 1.51. The van der Waals surface area contributed by atoms with Gasteiger partial charge in [0.1, 0.15) is 11.1 Å². The Labute approximate surface area is 200 Å². The van der Waals surface area contributed by atoms with Crippen molar-refractivity contribution in [1.82, 2.24) is 19.0 Å². The molecule has 1 atom stereocenters. The smallest absolute Gasteiger partial charge is 0.221 e. The topological polar surface area (TPSA) is 67.7 Å². The van der Waals surface area contributed by atoms with Gasteiger partial charge in [0.25, 0.3) is 0 Å². The van der Waals surface area contributed by atoms with E-state index < -0.39 is 15.3 Å². The molecule has 0 unspecified atom stereocenters. The maximum absolute atomic E-state index is 13.4. The van der Waals surface area contributed by atoms with Crippen molar-refractivity contribution in [1.29, 1.82) is 0 Å². The van der Waals surface area contributed by atoms with Crippen LogP contribution in [0.3, 0.4) is 0 Å². The summed E-state index contributed by atoms with van der Waals surface area (Å²) in [6, 6.07) is 10.5. The number of aromatic nitrogens is 2. The first-order valence-corrected chi connectivity index (χ1v) is 13.3. The SMILES string of the molecule is Cc1cc2c(cnn2-c2ccc(F)cc2)cc1[C@@H]1CN(S(=O)(=O)C2COC2)CCN1CC(C)C. The minimum absolute atomic E-state index is 0.0366. The Bertz CT molecular complexity index is 1290. The van der Waals surface area contributed by atoms with Gasteiger partial charge in [-0.25, -0.2) is 17.5 Å². The molecule has 0 saturated carbocycles. The Hall–Kier alpha value is -2.33. The fraction of sp³-hybridized carbons (Fsp3) is 0.480. The Morgan fingerprint density at radius 2 is 1.88 bits per heavy atom. The van der Waals surface area contributed by atoms with Crippen LogP contribution in [0.1, 0.15) is 31.0 Å². The van der Waals surface area contributed by atoms with E-state index in [1.54, 1.807) is 16.4 Å². The lowest BCUT2D eigenvalue weighted by molar-refractivity contribution is 0.0362. The van der Waals surface area contributed by atoms with Crippen molar-refractivity contribution in [3.63, 3.8) is 0 Å². The summed E-state index contributed by atoms with van der Waals surface area (Å²) in [6.45, 7) is 9.55. The highest BCUT2D eigenvalue weighted by molar-refractivity contribution is 7.89. The first-order valence-electron chi connectivity index (χ1n) is 11.8. The van der Waals surface area contributed by atoms with E-state index in [1.165, 1.54) is 12.1 Å². The molecular formula is C25H31FN4O3S. The van der Waals surface area contributed by atoms with Crippen molar-refractivity contribution < 1.29 is 17.5 Å². The Kier molecular flexibility index (Phi) is 6.22. The van der Waals surface area contributed by atoms with Crippen LogP contribution in [0.5, 0.6) is 0 Å². The molecule has 7 nitrogen and oxygen atoms in total. The predicted octanol–water partition coefficient (Wildman–Crippen LogP) is 3.52. The number of piperazine rings is 1. The minimum Gasteiger partial charge on any atom is -0.378 e. The largest absolute Gasteiger partial charge is 0.378 e. The second-order valence-electron chi connectivity index (χ2n) is 9.77. The van der Waals surface area contributed by atoms with Gasteiger partial charge < -0.3 is 4.74 Å². The highest BCUT2D eigenvalue weighted by Crippen LogP contribution is 2.34. The average Bonchev–Trinajstić information content (AvgIpc) is 3.14. The second-order valence-corrected chi connectivity index (χ2v) is 12.0. The van der Waals surface area contributed by atoms with Gasteiger partial charge in [-0.1, -0.05) is 13.8 Å². The molecule has 182 valence electrons. The number of hydrogen-bond donors (Lipinski definition) is 0. The van der Waals surface area contributed by atoms with Gasteiger partial charge in [-0.15, -0.1) is 0 Å². The molecule has 3 aromatic rings. The van der Waals surface area contributed by atoms with Crippen molar-refractivity contribution in [3.8, 4) is 5.69 Å². The van der Waals surface area contributed by atoms with Gasteiger partial charge in [0.2, 0.25) is 10.0 Å². The first kappa shape index (κ1) is 23.4. The molecule has 5 rings (SSSR count). The molecule has 0 radical (unpaired) electrons. The lowest BCUT2D eigenvalue weighted by Crippen LogP contribution is -2.56. The summed E-state index contributed by atoms with van der Waals surface area (Å²) in [5.41, 5.74) is 3.94. The molecule has 2 aromatic carbocycles. The van der Waals surface area contributed by atoms with Gasteiger partial charge in [0.05, 0.1) is 30.6 Å². The third-order valence-electron chi connectivity index (χ3n) is 6.83. The maximum Gasteiger partial charge on any atom is 0.221 e. The van der Waals surface area contributed by atoms with Gasteiger partial charge in [0.15, 0.2) is 0 Å². The molecule has 34 heavy (non-hydrogen) atoms. The predicted molar refractivity (Wildman–Crippen MR) is 130 cm³/mol. The number of halogens is 1. The standard InChI is InChI=1S/C25H31FN4O3S/c1-17(2)13-28-8-9-29(34(31,32)22-15-33-16-22)14-25(28)23-11-19-12-27-30(24(19)10-18(23)3)21-6-4-20(26)5-7-21/h4-7,10-12,17,22,25H,8-9,13-16H2,1-3H3/t25-/m0/s1. The van der Waals surface area contributed by atoms with Crippen molar-refractivity contribution in [2.45, 2.75) is 32.1 Å². The van der Waals surface area contributed by atoms with Gasteiger partial charge in [0, 0.05) is 37.6 Å². The van der Waals surface area contributed by atoms with Crippen LogP contribution in [0.15, 0.2) is 42.6 Å². The van der Waals surface area contributed by atoms with Crippen molar-refractivity contribution in [2.75, 3.05) is 39.4 Å². The van der Waals surface area contributed by atoms with Crippen LogP contribution in [0, 0.1) is 18.7 Å². The summed E-state index contributed by atoms with van der Waals surface area (Å²) in [5.74, 6) is 0.185. The number of nitrogens with zero attached hydrogens (tertiary/aromatic N) is 4. The summed E-state index contributed by atoms with van der Waals surface area (Å²) in [6.07, 6.45) is 1.82. The third kappa shape index (κ3) is 4.26. The van der Waals surface area contributed by atoms with Gasteiger partial charge in [-0.2, -0.15) is 9.40 Å². The highest BCUT2D eigenvalue weighted by atomic mass is 32.2. The van der Waals surface area contributed by atoms with E-state index in [4.69, 9.17) is 4.74 Å². The van der Waals surface area contributed by atoms with Crippen LogP contribution in [-0.4, -0.2) is 72.0 Å². The quantitative estimate of drug-likeness (QED) is 0.533. The third-order valence-corrected chi connectivity index (χ3v) is 8.99. The first-order chi connectivity index (χ1) is 16.2. The van der Waals surface area contributed by atoms with Crippen molar-refractivity contribution in [3.05, 3.63) is 59.5 Å². The lowest BCUT2D eigenvalue weighted by atomic mass is 9.96. The molecule has 9 heteroatoms. The summed E-state index contributed by atoms with van der Waals surface area (Å²) < 4.78 is 48.3. The molecule has 2 saturated heterocycles. The van der Waals surface area contributed by atoms with E-state index in [0.29, 0.717) is 25.6 Å². The number of sulfonamides is 1. The highest BCUT2D eigenvalue weighted by Gasteiger charge is 2.41. The van der Waals surface area contributed by atoms with Gasteiger partial charge in [-0.05, 0) is 60.4 Å². The van der Waals surface area contributed by atoms with Crippen LogP contribution in [-0.2, 0) is 14.8 Å². The molecule has 1 aromatic heterocycles. The fourth-order valence-electron chi connectivity index (χ4n) is 4.95. The molecule has 0 aliphatic carbocycles. The number of fused-ring (bicyclic) bond motifs is 1. The summed E-state index contributed by atoms with van der Waals surface area (Å²) in [7, 11) is -3.37. The van der Waals surface area contributed by atoms with E-state index in [2.05, 4.69) is 42.9 Å². The number of benzene rings is 2. The molecular weight excluding hydrogens is 455 g/mol. The van der Waals surface area contributed by atoms with Crippen molar-refractivity contribution in [2.24, 2.45) is 5.92 Å². The molecule has 0 N–H and O–H groups in total. The second kappa shape index (κ2) is 9.03. The Morgan fingerprint density at radius 3 is 2.53 bits per heavy atom. The van der Waals surface area contributed by atoms with Crippen LogP contribution in [0.4, 0.5) is 4.39 Å². The van der Waals surface area contributed by atoms with Crippen LogP contribution >= 0.6 is 0 Å². The monoisotopic (exact) mass is 486 g/mol. The van der Waals surface area contributed by atoms with Crippen LogP contribution < -0.4 is 0 Å². The van der Waals surface area contributed by atoms with E-state index >= 15 is 0 Å². The van der Waals surface area contributed by atoms with Crippen LogP contribution in [0.2, 0.25) is 0 Å². The van der Waals surface area contributed by atoms with E-state index in [9.17, 15) is 12.8 Å².